The maximum absolute atomic E-state index is 10.7. The van der Waals surface area contributed by atoms with Crippen LogP contribution in [-0.2, 0) is 5.41 Å². The van der Waals surface area contributed by atoms with Gasteiger partial charge in [0.2, 0.25) is 0 Å². The number of para-hydroxylation sites is 1. The molecule has 0 spiro atoms. The molecular formula is C22H26O. The first-order valence-corrected chi connectivity index (χ1v) is 9.08. The summed E-state index contributed by atoms with van der Waals surface area (Å²) in [5.74, 6) is 1.97. The van der Waals surface area contributed by atoms with Crippen molar-refractivity contribution in [2.75, 3.05) is 0 Å². The van der Waals surface area contributed by atoms with Gasteiger partial charge in [0.15, 0.2) is 0 Å². The van der Waals surface area contributed by atoms with Gasteiger partial charge in [0.1, 0.15) is 5.75 Å². The van der Waals surface area contributed by atoms with Crippen LogP contribution < -0.4 is 0 Å². The summed E-state index contributed by atoms with van der Waals surface area (Å²) in [6, 6.07) is 16.9. The average molecular weight is 306 g/mol. The Balaban J connectivity index is 1.95. The summed E-state index contributed by atoms with van der Waals surface area (Å²) in [5.41, 5.74) is 3.96. The molecule has 1 heteroatoms. The van der Waals surface area contributed by atoms with Gasteiger partial charge in [0.25, 0.3) is 0 Å². The molecule has 0 saturated heterocycles. The Morgan fingerprint density at radius 1 is 0.870 bits per heavy atom. The molecule has 1 nitrogen and oxygen atoms in total. The number of phenolic OH excluding ortho intramolecular Hbond substituents is 1. The van der Waals surface area contributed by atoms with Gasteiger partial charge in [-0.2, -0.15) is 0 Å². The predicted molar refractivity (Wildman–Crippen MR) is 94.7 cm³/mol. The largest absolute Gasteiger partial charge is 0.508 e. The van der Waals surface area contributed by atoms with Gasteiger partial charge in [0, 0.05) is 11.0 Å². The molecule has 120 valence electrons. The van der Waals surface area contributed by atoms with E-state index >= 15 is 0 Å². The number of benzene rings is 2. The second kappa shape index (κ2) is 5.70. The topological polar surface area (TPSA) is 20.2 Å². The van der Waals surface area contributed by atoms with Crippen LogP contribution in [0.15, 0.2) is 48.5 Å². The minimum Gasteiger partial charge on any atom is -0.508 e. The summed E-state index contributed by atoms with van der Waals surface area (Å²) in [5, 5.41) is 10.7. The van der Waals surface area contributed by atoms with E-state index in [4.69, 9.17) is 0 Å². The van der Waals surface area contributed by atoms with Crippen LogP contribution in [0.5, 0.6) is 5.75 Å². The van der Waals surface area contributed by atoms with Gasteiger partial charge >= 0.3 is 0 Å². The number of phenols is 1. The highest BCUT2D eigenvalue weighted by Gasteiger charge is 2.52. The third kappa shape index (κ3) is 2.21. The summed E-state index contributed by atoms with van der Waals surface area (Å²) >= 11 is 0. The number of hydrogen-bond acceptors (Lipinski definition) is 1. The summed E-state index contributed by atoms with van der Waals surface area (Å²) in [6.45, 7) is 2.23. The molecule has 2 aromatic carbocycles. The molecule has 4 rings (SSSR count). The Morgan fingerprint density at radius 2 is 1.57 bits per heavy atom. The molecule has 0 amide bonds. The Bertz CT molecular complexity index is 657. The number of aromatic hydroxyl groups is 1. The van der Waals surface area contributed by atoms with E-state index in [1.54, 1.807) is 0 Å². The zero-order chi connectivity index (χ0) is 15.9. The molecule has 0 radical (unpaired) electrons. The summed E-state index contributed by atoms with van der Waals surface area (Å²) in [7, 11) is 0. The second-order valence-electron chi connectivity index (χ2n) is 7.49. The van der Waals surface area contributed by atoms with Gasteiger partial charge in [0.05, 0.1) is 0 Å². The minimum atomic E-state index is 0.00176. The molecule has 0 aliphatic heterocycles. The zero-order valence-corrected chi connectivity index (χ0v) is 14.0. The molecule has 0 heterocycles. The van der Waals surface area contributed by atoms with Crippen molar-refractivity contribution in [3.05, 3.63) is 65.2 Å². The third-order valence-corrected chi connectivity index (χ3v) is 6.46. The molecule has 2 aliphatic rings. The van der Waals surface area contributed by atoms with E-state index in [2.05, 4.69) is 43.3 Å². The summed E-state index contributed by atoms with van der Waals surface area (Å²) < 4.78 is 0. The Hall–Kier alpha value is -1.76. The SMILES string of the molecule is Cc1ccccc1C1(c2ccccc2O)CCC2CCCCC21. The van der Waals surface area contributed by atoms with Crippen molar-refractivity contribution in [2.45, 2.75) is 50.9 Å². The fourth-order valence-corrected chi connectivity index (χ4v) is 5.54. The van der Waals surface area contributed by atoms with Crippen LogP contribution in [0.2, 0.25) is 0 Å². The van der Waals surface area contributed by atoms with Crippen LogP contribution in [0.1, 0.15) is 55.2 Å². The van der Waals surface area contributed by atoms with Gasteiger partial charge < -0.3 is 5.11 Å². The molecule has 2 aliphatic carbocycles. The van der Waals surface area contributed by atoms with Crippen molar-refractivity contribution >= 4 is 0 Å². The van der Waals surface area contributed by atoms with Crippen LogP contribution >= 0.6 is 0 Å². The van der Waals surface area contributed by atoms with Crippen molar-refractivity contribution in [2.24, 2.45) is 11.8 Å². The molecule has 2 fully saturated rings. The highest BCUT2D eigenvalue weighted by atomic mass is 16.3. The van der Waals surface area contributed by atoms with Crippen LogP contribution in [0, 0.1) is 18.8 Å². The van der Waals surface area contributed by atoms with Crippen molar-refractivity contribution in [1.82, 2.24) is 0 Å². The smallest absolute Gasteiger partial charge is 0.119 e. The quantitative estimate of drug-likeness (QED) is 0.767. The van der Waals surface area contributed by atoms with Crippen LogP contribution in [0.4, 0.5) is 0 Å². The first-order chi connectivity index (χ1) is 11.2. The van der Waals surface area contributed by atoms with E-state index in [9.17, 15) is 5.11 Å². The normalized spacial score (nSPS) is 30.1. The molecule has 23 heavy (non-hydrogen) atoms. The fourth-order valence-electron chi connectivity index (χ4n) is 5.54. The lowest BCUT2D eigenvalue weighted by Gasteiger charge is -2.42. The van der Waals surface area contributed by atoms with Gasteiger partial charge in [-0.05, 0) is 55.2 Å². The number of rotatable bonds is 2. The average Bonchev–Trinajstić information content (AvgIpc) is 2.96. The lowest BCUT2D eigenvalue weighted by molar-refractivity contribution is 0.218. The molecule has 1 N–H and O–H groups in total. The Labute approximate surface area is 139 Å². The molecule has 3 unspecified atom stereocenters. The van der Waals surface area contributed by atoms with E-state index in [0.29, 0.717) is 11.7 Å². The van der Waals surface area contributed by atoms with E-state index in [1.807, 2.05) is 12.1 Å². The van der Waals surface area contributed by atoms with Crippen LogP contribution in [0.25, 0.3) is 0 Å². The molecule has 0 bridgehead atoms. The predicted octanol–water partition coefficient (Wildman–Crippen LogP) is 5.59. The molecule has 3 atom stereocenters. The van der Waals surface area contributed by atoms with E-state index in [0.717, 1.165) is 11.5 Å². The first kappa shape index (κ1) is 14.8. The first-order valence-electron chi connectivity index (χ1n) is 9.08. The second-order valence-corrected chi connectivity index (χ2v) is 7.49. The molecule has 0 aromatic heterocycles. The number of hydrogen-bond donors (Lipinski definition) is 1. The Kier molecular flexibility index (Phi) is 3.67. The van der Waals surface area contributed by atoms with E-state index in [-0.39, 0.29) is 5.41 Å². The third-order valence-electron chi connectivity index (χ3n) is 6.46. The highest BCUT2D eigenvalue weighted by Crippen LogP contribution is 2.59. The monoisotopic (exact) mass is 306 g/mol. The minimum absolute atomic E-state index is 0.00176. The van der Waals surface area contributed by atoms with Crippen molar-refractivity contribution in [1.29, 1.82) is 0 Å². The zero-order valence-electron chi connectivity index (χ0n) is 14.0. The molecule has 2 aromatic rings. The van der Waals surface area contributed by atoms with Crippen LogP contribution in [-0.4, -0.2) is 5.11 Å². The standard InChI is InChI=1S/C22H26O/c1-16-8-2-4-10-18(16)22(20-12-6-7-13-21(20)23)15-14-17-9-3-5-11-19(17)22/h2,4,6-8,10,12-13,17,19,23H,3,5,9,11,14-15H2,1H3. The lowest BCUT2D eigenvalue weighted by Crippen LogP contribution is -2.36. The number of aryl methyl sites for hydroxylation is 1. The van der Waals surface area contributed by atoms with Gasteiger partial charge in [-0.15, -0.1) is 0 Å². The number of fused-ring (bicyclic) bond motifs is 1. The van der Waals surface area contributed by atoms with E-state index < -0.39 is 0 Å². The highest BCUT2D eigenvalue weighted by molar-refractivity contribution is 5.51. The fraction of sp³-hybridized carbons (Fsp3) is 0.455. The maximum atomic E-state index is 10.7. The summed E-state index contributed by atoms with van der Waals surface area (Å²) in [6.07, 6.45) is 7.85. The Morgan fingerprint density at radius 3 is 2.35 bits per heavy atom. The maximum Gasteiger partial charge on any atom is 0.119 e. The molecular weight excluding hydrogens is 280 g/mol. The van der Waals surface area contributed by atoms with Crippen molar-refractivity contribution < 1.29 is 5.11 Å². The van der Waals surface area contributed by atoms with E-state index in [1.165, 1.54) is 49.7 Å². The van der Waals surface area contributed by atoms with Crippen LogP contribution in [0.3, 0.4) is 0 Å². The van der Waals surface area contributed by atoms with Crippen molar-refractivity contribution in [3.8, 4) is 5.75 Å². The van der Waals surface area contributed by atoms with Gasteiger partial charge in [-0.3, -0.25) is 0 Å². The molecule has 2 saturated carbocycles. The van der Waals surface area contributed by atoms with Gasteiger partial charge in [-0.1, -0.05) is 61.7 Å². The summed E-state index contributed by atoms with van der Waals surface area (Å²) in [4.78, 5) is 0. The van der Waals surface area contributed by atoms with Gasteiger partial charge in [-0.25, -0.2) is 0 Å². The lowest BCUT2D eigenvalue weighted by atomic mass is 9.61. The van der Waals surface area contributed by atoms with Crippen molar-refractivity contribution in [3.63, 3.8) is 0 Å².